The maximum absolute atomic E-state index is 4.53. The second-order valence-corrected chi connectivity index (χ2v) is 3.90. The zero-order valence-electron chi connectivity index (χ0n) is 7.40. The fourth-order valence-electron chi connectivity index (χ4n) is 1.50. The number of H-pyrrole nitrogens is 1. The van der Waals surface area contributed by atoms with E-state index in [2.05, 4.69) is 38.9 Å². The van der Waals surface area contributed by atoms with Crippen molar-refractivity contribution in [1.29, 1.82) is 0 Å². The molecule has 0 fully saturated rings. The molecule has 0 spiro atoms. The van der Waals surface area contributed by atoms with Gasteiger partial charge in [0.05, 0.1) is 5.69 Å². The Hall–Kier alpha value is -1.61. The summed E-state index contributed by atoms with van der Waals surface area (Å²) in [5.41, 5.74) is 3.17. The van der Waals surface area contributed by atoms with Gasteiger partial charge in [0.25, 0.3) is 0 Å². The molecular weight excluding hydrogens is 192 g/mol. The lowest BCUT2D eigenvalue weighted by atomic mass is 10.2. The average molecular weight is 200 g/mol. The molecule has 0 radical (unpaired) electrons. The third kappa shape index (κ3) is 1.14. The molecule has 14 heavy (non-hydrogen) atoms. The molecule has 0 atom stereocenters. The van der Waals surface area contributed by atoms with E-state index in [4.69, 9.17) is 0 Å². The topological polar surface area (TPSA) is 28.7 Å². The lowest BCUT2D eigenvalue weighted by molar-refractivity contribution is 1.33. The summed E-state index contributed by atoms with van der Waals surface area (Å²) in [5.74, 6) is 0. The molecule has 3 aromatic heterocycles. The summed E-state index contributed by atoms with van der Waals surface area (Å²) in [5, 5.41) is 5.33. The average Bonchev–Trinajstić information content (AvgIpc) is 2.88. The summed E-state index contributed by atoms with van der Waals surface area (Å²) in [4.78, 5) is 7.64. The zero-order chi connectivity index (χ0) is 9.38. The van der Waals surface area contributed by atoms with Crippen molar-refractivity contribution in [3.8, 4) is 11.3 Å². The molecule has 3 aromatic rings. The van der Waals surface area contributed by atoms with Crippen molar-refractivity contribution in [3.05, 3.63) is 41.2 Å². The highest BCUT2D eigenvalue weighted by atomic mass is 32.1. The van der Waals surface area contributed by atoms with E-state index in [1.54, 1.807) is 11.3 Å². The number of pyridine rings is 1. The Bertz CT molecular complexity index is 551. The van der Waals surface area contributed by atoms with Crippen LogP contribution in [0.5, 0.6) is 0 Å². The first kappa shape index (κ1) is 7.76. The quantitative estimate of drug-likeness (QED) is 0.641. The molecule has 0 saturated heterocycles. The maximum atomic E-state index is 4.53. The highest BCUT2D eigenvalue weighted by molar-refractivity contribution is 7.08. The van der Waals surface area contributed by atoms with Gasteiger partial charge in [-0.3, -0.25) is 0 Å². The van der Waals surface area contributed by atoms with Gasteiger partial charge in [-0.1, -0.05) is 0 Å². The third-order valence-electron chi connectivity index (χ3n) is 2.23. The van der Waals surface area contributed by atoms with Crippen LogP contribution >= 0.6 is 11.3 Å². The van der Waals surface area contributed by atoms with E-state index < -0.39 is 0 Å². The van der Waals surface area contributed by atoms with Gasteiger partial charge in [-0.15, -0.1) is 0 Å². The number of hydrogen-bond donors (Lipinski definition) is 1. The summed E-state index contributed by atoms with van der Waals surface area (Å²) < 4.78 is 0. The highest BCUT2D eigenvalue weighted by Crippen LogP contribution is 2.22. The molecule has 0 amide bonds. The van der Waals surface area contributed by atoms with Gasteiger partial charge in [0.2, 0.25) is 0 Å². The Kier molecular flexibility index (Phi) is 1.64. The van der Waals surface area contributed by atoms with Gasteiger partial charge in [-0.25, -0.2) is 4.98 Å². The number of thiophene rings is 1. The number of aromatic nitrogens is 2. The zero-order valence-corrected chi connectivity index (χ0v) is 8.21. The van der Waals surface area contributed by atoms with E-state index in [1.165, 1.54) is 5.56 Å². The Balaban J connectivity index is 2.23. The van der Waals surface area contributed by atoms with Crippen LogP contribution < -0.4 is 0 Å². The molecule has 0 aliphatic carbocycles. The predicted octanol–water partition coefficient (Wildman–Crippen LogP) is 3.29. The Morgan fingerprint density at radius 2 is 2.14 bits per heavy atom. The first-order valence-corrected chi connectivity index (χ1v) is 5.34. The summed E-state index contributed by atoms with van der Waals surface area (Å²) in [6, 6.07) is 8.26. The molecule has 0 aliphatic rings. The molecule has 3 rings (SSSR count). The minimum Gasteiger partial charge on any atom is -0.346 e. The first-order valence-electron chi connectivity index (χ1n) is 4.40. The normalized spacial score (nSPS) is 10.9. The number of rotatable bonds is 1. The van der Waals surface area contributed by atoms with Crippen LogP contribution in [0.15, 0.2) is 41.2 Å². The summed E-state index contributed by atoms with van der Waals surface area (Å²) in [6.07, 6.45) is 1.91. The highest BCUT2D eigenvalue weighted by Gasteiger charge is 2.01. The molecule has 0 bridgehead atoms. The lowest BCUT2D eigenvalue weighted by Gasteiger charge is -1.96. The minimum absolute atomic E-state index is 0.953. The van der Waals surface area contributed by atoms with Crippen LogP contribution in [0.4, 0.5) is 0 Å². The van der Waals surface area contributed by atoms with Gasteiger partial charge in [0, 0.05) is 22.5 Å². The van der Waals surface area contributed by atoms with Crippen molar-refractivity contribution in [2.75, 3.05) is 0 Å². The van der Waals surface area contributed by atoms with Crippen LogP contribution in [-0.2, 0) is 0 Å². The molecule has 68 valence electrons. The van der Waals surface area contributed by atoms with E-state index >= 15 is 0 Å². The smallest absolute Gasteiger partial charge is 0.137 e. The molecule has 0 aromatic carbocycles. The van der Waals surface area contributed by atoms with Gasteiger partial charge in [-0.2, -0.15) is 11.3 Å². The van der Waals surface area contributed by atoms with E-state index in [0.29, 0.717) is 0 Å². The van der Waals surface area contributed by atoms with Crippen LogP contribution in [0.1, 0.15) is 0 Å². The Labute approximate surface area is 85.2 Å². The Morgan fingerprint density at radius 3 is 3.00 bits per heavy atom. The third-order valence-corrected chi connectivity index (χ3v) is 2.91. The van der Waals surface area contributed by atoms with Crippen LogP contribution in [0.2, 0.25) is 0 Å². The largest absolute Gasteiger partial charge is 0.346 e. The van der Waals surface area contributed by atoms with Crippen LogP contribution in [-0.4, -0.2) is 9.97 Å². The van der Waals surface area contributed by atoms with Crippen LogP contribution in [0.25, 0.3) is 22.3 Å². The number of nitrogens with one attached hydrogen (secondary N) is 1. The van der Waals surface area contributed by atoms with Crippen molar-refractivity contribution in [3.63, 3.8) is 0 Å². The van der Waals surface area contributed by atoms with Gasteiger partial charge < -0.3 is 4.98 Å². The van der Waals surface area contributed by atoms with Crippen molar-refractivity contribution >= 4 is 22.4 Å². The van der Waals surface area contributed by atoms with Gasteiger partial charge in [-0.05, 0) is 29.6 Å². The molecule has 1 N–H and O–H groups in total. The monoisotopic (exact) mass is 200 g/mol. The summed E-state index contributed by atoms with van der Waals surface area (Å²) in [6.45, 7) is 0. The lowest BCUT2D eigenvalue weighted by Crippen LogP contribution is -1.81. The molecule has 0 unspecified atom stereocenters. The van der Waals surface area contributed by atoms with Gasteiger partial charge >= 0.3 is 0 Å². The van der Waals surface area contributed by atoms with Crippen LogP contribution in [0, 0.1) is 0 Å². The fourth-order valence-corrected chi connectivity index (χ4v) is 2.15. The molecule has 0 saturated carbocycles. The molecule has 0 aliphatic heterocycles. The standard InChI is InChI=1S/C11H8N2S/c1-2-10(9-4-6-14-7-9)13-11-8(1)3-5-12-11/h1-7H,(H,12,13). The van der Waals surface area contributed by atoms with Crippen molar-refractivity contribution < 1.29 is 0 Å². The molecular formula is C11H8N2S. The first-order chi connectivity index (χ1) is 6.93. The maximum Gasteiger partial charge on any atom is 0.137 e. The van der Waals surface area contributed by atoms with Crippen molar-refractivity contribution in [2.45, 2.75) is 0 Å². The predicted molar refractivity (Wildman–Crippen MR) is 59.4 cm³/mol. The molecule has 3 heteroatoms. The molecule has 2 nitrogen and oxygen atoms in total. The minimum atomic E-state index is 0.953. The summed E-state index contributed by atoms with van der Waals surface area (Å²) in [7, 11) is 0. The number of hydrogen-bond acceptors (Lipinski definition) is 2. The van der Waals surface area contributed by atoms with Crippen LogP contribution in [0.3, 0.4) is 0 Å². The Morgan fingerprint density at radius 1 is 1.14 bits per heavy atom. The fraction of sp³-hybridized carbons (Fsp3) is 0. The van der Waals surface area contributed by atoms with Crippen molar-refractivity contribution in [2.24, 2.45) is 0 Å². The van der Waals surface area contributed by atoms with E-state index in [-0.39, 0.29) is 0 Å². The second kappa shape index (κ2) is 2.96. The van der Waals surface area contributed by atoms with E-state index in [0.717, 1.165) is 16.7 Å². The van der Waals surface area contributed by atoms with Gasteiger partial charge in [0.1, 0.15) is 5.65 Å². The molecule has 3 heterocycles. The SMILES string of the molecule is c1cc2ccc(-c3ccsc3)nc2[nH]1. The summed E-state index contributed by atoms with van der Waals surface area (Å²) >= 11 is 1.69. The van der Waals surface area contributed by atoms with Gasteiger partial charge in [0.15, 0.2) is 0 Å². The number of aromatic amines is 1. The number of nitrogens with zero attached hydrogens (tertiary/aromatic N) is 1. The van der Waals surface area contributed by atoms with Crippen molar-refractivity contribution in [1.82, 2.24) is 9.97 Å². The second-order valence-electron chi connectivity index (χ2n) is 3.12. The van der Waals surface area contributed by atoms with E-state index in [9.17, 15) is 0 Å². The number of fused-ring (bicyclic) bond motifs is 1. The van der Waals surface area contributed by atoms with E-state index in [1.807, 2.05) is 12.3 Å².